The molecule has 0 aliphatic rings. The molecular weight excluding hydrogens is 210 g/mol. The summed E-state index contributed by atoms with van der Waals surface area (Å²) in [5, 5.41) is 0.510. The van der Waals surface area contributed by atoms with E-state index in [1.54, 1.807) is 0 Å². The average Bonchev–Trinajstić information content (AvgIpc) is 2.00. The van der Waals surface area contributed by atoms with Gasteiger partial charge in [0.15, 0.2) is 0 Å². The first-order valence-electron chi connectivity index (χ1n) is 4.55. The van der Waals surface area contributed by atoms with E-state index in [9.17, 15) is 0 Å². The van der Waals surface area contributed by atoms with Gasteiger partial charge in [-0.2, -0.15) is 0 Å². The van der Waals surface area contributed by atoms with Gasteiger partial charge in [0.25, 0.3) is 0 Å². The molecule has 0 aromatic carbocycles. The Kier molecular flexibility index (Phi) is 3.36. The lowest BCUT2D eigenvalue weighted by atomic mass is 10.3. The molecular formula is C11H14ClNSi. The molecule has 0 aliphatic heterocycles. The number of hydrogen-bond donors (Lipinski definition) is 0. The van der Waals surface area contributed by atoms with Crippen molar-refractivity contribution in [3.05, 3.63) is 28.5 Å². The molecule has 74 valence electrons. The third-order valence-electron chi connectivity index (χ3n) is 1.56. The molecule has 1 heterocycles. The molecule has 0 radical (unpaired) electrons. The Hall–Kier alpha value is -0.783. The number of aromatic nitrogens is 1. The minimum absolute atomic E-state index is 0.510. The lowest BCUT2D eigenvalue weighted by Gasteiger charge is -2.03. The van der Waals surface area contributed by atoms with E-state index in [4.69, 9.17) is 11.6 Å². The first-order valence-corrected chi connectivity index (χ1v) is 8.42. The monoisotopic (exact) mass is 223 g/mol. The number of nitrogens with zero attached hydrogens (tertiary/aromatic N) is 1. The van der Waals surface area contributed by atoms with Gasteiger partial charge in [-0.05, 0) is 19.1 Å². The summed E-state index contributed by atoms with van der Waals surface area (Å²) < 4.78 is 0. The van der Waals surface area contributed by atoms with Crippen molar-refractivity contribution in [2.45, 2.75) is 26.6 Å². The predicted molar refractivity (Wildman–Crippen MR) is 64.2 cm³/mol. The van der Waals surface area contributed by atoms with Crippen LogP contribution in [0.4, 0.5) is 0 Å². The third kappa shape index (κ3) is 3.53. The van der Waals surface area contributed by atoms with E-state index >= 15 is 0 Å². The molecule has 14 heavy (non-hydrogen) atoms. The molecule has 0 aliphatic carbocycles. The Balaban J connectivity index is 3.02. The molecule has 0 atom stereocenters. The summed E-state index contributed by atoms with van der Waals surface area (Å²) in [4.78, 5) is 4.15. The zero-order valence-electron chi connectivity index (χ0n) is 8.98. The van der Waals surface area contributed by atoms with E-state index < -0.39 is 8.07 Å². The Bertz CT molecular complexity index is 396. The number of halogens is 1. The molecule has 0 spiro atoms. The maximum Gasteiger partial charge on any atom is 0.144 e. The third-order valence-corrected chi connectivity index (χ3v) is 2.72. The van der Waals surface area contributed by atoms with Gasteiger partial charge < -0.3 is 0 Å². The molecule has 1 nitrogen and oxygen atoms in total. The lowest BCUT2D eigenvalue weighted by Crippen LogP contribution is -2.16. The lowest BCUT2D eigenvalue weighted by molar-refractivity contribution is 1.19. The minimum Gasteiger partial charge on any atom is -0.240 e. The highest BCUT2D eigenvalue weighted by Crippen LogP contribution is 2.12. The van der Waals surface area contributed by atoms with Gasteiger partial charge in [0.05, 0.1) is 5.56 Å². The van der Waals surface area contributed by atoms with Crippen LogP contribution in [0.1, 0.15) is 11.3 Å². The smallest absolute Gasteiger partial charge is 0.144 e. The summed E-state index contributed by atoms with van der Waals surface area (Å²) in [5.41, 5.74) is 5.02. The van der Waals surface area contributed by atoms with E-state index in [1.807, 2.05) is 19.1 Å². The Morgan fingerprint density at radius 3 is 2.43 bits per heavy atom. The van der Waals surface area contributed by atoms with Gasteiger partial charge in [0, 0.05) is 5.69 Å². The fourth-order valence-electron chi connectivity index (χ4n) is 0.873. The number of pyridine rings is 1. The zero-order valence-corrected chi connectivity index (χ0v) is 10.7. The highest BCUT2D eigenvalue weighted by molar-refractivity contribution is 6.83. The number of rotatable bonds is 0. The van der Waals surface area contributed by atoms with Crippen molar-refractivity contribution in [3.63, 3.8) is 0 Å². The quantitative estimate of drug-likeness (QED) is 0.374. The van der Waals surface area contributed by atoms with Crippen LogP contribution in [-0.4, -0.2) is 13.1 Å². The molecule has 0 saturated heterocycles. The van der Waals surface area contributed by atoms with Crippen molar-refractivity contribution in [2.75, 3.05) is 0 Å². The van der Waals surface area contributed by atoms with Gasteiger partial charge in [-0.1, -0.05) is 37.2 Å². The van der Waals surface area contributed by atoms with E-state index in [-0.39, 0.29) is 0 Å². The van der Waals surface area contributed by atoms with Gasteiger partial charge in [0.1, 0.15) is 13.2 Å². The van der Waals surface area contributed by atoms with Crippen molar-refractivity contribution < 1.29 is 0 Å². The number of hydrogen-bond acceptors (Lipinski definition) is 1. The molecule has 0 N–H and O–H groups in total. The molecule has 3 heteroatoms. The summed E-state index contributed by atoms with van der Waals surface area (Å²) in [6.45, 7) is 8.53. The Morgan fingerprint density at radius 1 is 1.29 bits per heavy atom. The van der Waals surface area contributed by atoms with Crippen LogP contribution in [-0.2, 0) is 0 Å². The summed E-state index contributed by atoms with van der Waals surface area (Å²) >= 11 is 5.96. The average molecular weight is 224 g/mol. The van der Waals surface area contributed by atoms with Gasteiger partial charge in [-0.15, -0.1) is 5.54 Å². The second-order valence-electron chi connectivity index (χ2n) is 4.29. The van der Waals surface area contributed by atoms with Gasteiger partial charge in [-0.25, -0.2) is 4.98 Å². The molecule has 0 unspecified atom stereocenters. The summed E-state index contributed by atoms with van der Waals surface area (Å²) in [6.07, 6.45) is 0. The minimum atomic E-state index is -1.32. The van der Waals surface area contributed by atoms with E-state index in [0.717, 1.165) is 11.3 Å². The molecule has 1 aromatic heterocycles. The predicted octanol–water partition coefficient (Wildman–Crippen LogP) is 3.27. The Labute approximate surface area is 91.5 Å². The molecule has 0 fully saturated rings. The Morgan fingerprint density at radius 2 is 1.93 bits per heavy atom. The topological polar surface area (TPSA) is 12.9 Å². The van der Waals surface area contributed by atoms with Crippen LogP contribution < -0.4 is 0 Å². The molecule has 0 amide bonds. The summed E-state index contributed by atoms with van der Waals surface area (Å²) in [6, 6.07) is 3.86. The second kappa shape index (κ2) is 4.16. The van der Waals surface area contributed by atoms with Crippen molar-refractivity contribution in [1.29, 1.82) is 0 Å². The second-order valence-corrected chi connectivity index (χ2v) is 9.40. The summed E-state index contributed by atoms with van der Waals surface area (Å²) in [5.74, 6) is 3.10. The molecule has 1 aromatic rings. The largest absolute Gasteiger partial charge is 0.240 e. The fourth-order valence-corrected chi connectivity index (χ4v) is 1.63. The summed E-state index contributed by atoms with van der Waals surface area (Å²) in [7, 11) is -1.32. The van der Waals surface area contributed by atoms with Crippen LogP contribution in [0.25, 0.3) is 0 Å². The highest BCUT2D eigenvalue weighted by atomic mass is 35.5. The van der Waals surface area contributed by atoms with Crippen molar-refractivity contribution >= 4 is 19.7 Å². The molecule has 1 rings (SSSR count). The van der Waals surface area contributed by atoms with Gasteiger partial charge >= 0.3 is 0 Å². The van der Waals surface area contributed by atoms with E-state index in [2.05, 4.69) is 36.1 Å². The van der Waals surface area contributed by atoms with Crippen LogP contribution in [0.3, 0.4) is 0 Å². The standard InChI is InChI=1S/C11H14ClNSi/c1-9-5-6-10(11(12)13-9)7-8-14(2,3)4/h5-6H,1-4H3. The maximum absolute atomic E-state index is 5.96. The van der Waals surface area contributed by atoms with Crippen LogP contribution in [0, 0.1) is 18.4 Å². The van der Waals surface area contributed by atoms with Crippen LogP contribution in [0.5, 0.6) is 0 Å². The first kappa shape index (κ1) is 11.3. The van der Waals surface area contributed by atoms with Crippen molar-refractivity contribution in [2.24, 2.45) is 0 Å². The van der Waals surface area contributed by atoms with E-state index in [1.165, 1.54) is 0 Å². The first-order chi connectivity index (χ1) is 6.38. The SMILES string of the molecule is Cc1ccc(C#C[Si](C)(C)C)c(Cl)n1. The fraction of sp³-hybridized carbons (Fsp3) is 0.364. The van der Waals surface area contributed by atoms with E-state index in [0.29, 0.717) is 5.15 Å². The maximum atomic E-state index is 5.96. The molecule has 0 bridgehead atoms. The van der Waals surface area contributed by atoms with Crippen LogP contribution in [0.15, 0.2) is 12.1 Å². The highest BCUT2D eigenvalue weighted by Gasteiger charge is 2.08. The van der Waals surface area contributed by atoms with Gasteiger partial charge in [-0.3, -0.25) is 0 Å². The van der Waals surface area contributed by atoms with Crippen LogP contribution in [0.2, 0.25) is 24.8 Å². The molecule has 0 saturated carbocycles. The zero-order chi connectivity index (χ0) is 10.8. The normalized spacial score (nSPS) is 10.6. The van der Waals surface area contributed by atoms with Crippen molar-refractivity contribution in [1.82, 2.24) is 4.98 Å². The van der Waals surface area contributed by atoms with Crippen LogP contribution >= 0.6 is 11.6 Å². The van der Waals surface area contributed by atoms with Gasteiger partial charge in [0.2, 0.25) is 0 Å². The van der Waals surface area contributed by atoms with Crippen molar-refractivity contribution in [3.8, 4) is 11.5 Å². The number of aryl methyl sites for hydroxylation is 1.